The second-order valence-corrected chi connectivity index (χ2v) is 4.76. The number of amides is 1. The molecule has 0 saturated carbocycles. The molecule has 18 heavy (non-hydrogen) atoms. The molecule has 1 aliphatic carbocycles. The highest BCUT2D eigenvalue weighted by Crippen LogP contribution is 2.17. The summed E-state index contributed by atoms with van der Waals surface area (Å²) in [5, 5.41) is 3.45. The first-order valence-corrected chi connectivity index (χ1v) is 6.26. The van der Waals surface area contributed by atoms with E-state index in [1.807, 2.05) is 12.1 Å². The van der Waals surface area contributed by atoms with Crippen molar-refractivity contribution in [1.29, 1.82) is 0 Å². The smallest absolute Gasteiger partial charge is 0.272 e. The molecule has 0 aromatic carbocycles. The molecular formula is C14H19N3O. The van der Waals surface area contributed by atoms with E-state index in [4.69, 9.17) is 0 Å². The summed E-state index contributed by atoms with van der Waals surface area (Å²) in [6.45, 7) is 0. The summed E-state index contributed by atoms with van der Waals surface area (Å²) in [6.07, 6.45) is 9.39. The van der Waals surface area contributed by atoms with Gasteiger partial charge in [0.1, 0.15) is 5.69 Å². The lowest BCUT2D eigenvalue weighted by Crippen LogP contribution is -2.24. The minimum absolute atomic E-state index is 0.0674. The summed E-state index contributed by atoms with van der Waals surface area (Å²) in [4.78, 5) is 17.5. The summed E-state index contributed by atoms with van der Waals surface area (Å²) in [5.74, 6) is -0.0674. The van der Waals surface area contributed by atoms with E-state index in [2.05, 4.69) is 22.5 Å². The van der Waals surface area contributed by atoms with Crippen molar-refractivity contribution in [2.45, 2.75) is 25.3 Å². The van der Waals surface area contributed by atoms with Gasteiger partial charge in [-0.2, -0.15) is 0 Å². The number of nitrogens with one attached hydrogen (secondary N) is 1. The average Bonchev–Trinajstić information content (AvgIpc) is 2.39. The zero-order valence-corrected chi connectivity index (χ0v) is 10.9. The molecule has 1 N–H and O–H groups in total. The molecule has 1 unspecified atom stereocenters. The van der Waals surface area contributed by atoms with E-state index in [0.717, 1.165) is 24.9 Å². The molecule has 2 rings (SSSR count). The fraction of sp³-hybridized carbons (Fsp3) is 0.429. The van der Waals surface area contributed by atoms with Crippen LogP contribution in [0.4, 0.5) is 5.69 Å². The predicted octanol–water partition coefficient (Wildman–Crippen LogP) is 2.30. The molecule has 0 spiro atoms. The van der Waals surface area contributed by atoms with Crippen molar-refractivity contribution in [1.82, 2.24) is 9.88 Å². The molecule has 1 heterocycles. The largest absolute Gasteiger partial charge is 0.382 e. The highest BCUT2D eigenvalue weighted by Gasteiger charge is 2.12. The Bertz CT molecular complexity index is 454. The number of hydrogen-bond donors (Lipinski definition) is 1. The van der Waals surface area contributed by atoms with E-state index in [1.54, 1.807) is 20.3 Å². The molecule has 96 valence electrons. The Labute approximate surface area is 108 Å². The Morgan fingerprint density at radius 2 is 2.28 bits per heavy atom. The van der Waals surface area contributed by atoms with Crippen molar-refractivity contribution in [3.05, 3.63) is 36.2 Å². The number of anilines is 1. The molecule has 0 saturated heterocycles. The number of hydrogen-bond acceptors (Lipinski definition) is 3. The minimum atomic E-state index is -0.0674. The van der Waals surface area contributed by atoms with Crippen LogP contribution in [0.2, 0.25) is 0 Å². The van der Waals surface area contributed by atoms with Crippen molar-refractivity contribution in [2.24, 2.45) is 0 Å². The Kier molecular flexibility index (Phi) is 3.97. The van der Waals surface area contributed by atoms with Crippen molar-refractivity contribution in [2.75, 3.05) is 19.4 Å². The van der Waals surface area contributed by atoms with Gasteiger partial charge in [0.15, 0.2) is 0 Å². The van der Waals surface area contributed by atoms with Gasteiger partial charge in [-0.3, -0.25) is 9.78 Å². The highest BCUT2D eigenvalue weighted by molar-refractivity contribution is 5.92. The Balaban J connectivity index is 2.07. The highest BCUT2D eigenvalue weighted by atomic mass is 16.2. The second-order valence-electron chi connectivity index (χ2n) is 4.76. The van der Waals surface area contributed by atoms with Crippen molar-refractivity contribution < 1.29 is 4.79 Å². The van der Waals surface area contributed by atoms with Gasteiger partial charge in [-0.1, -0.05) is 12.2 Å². The van der Waals surface area contributed by atoms with Crippen LogP contribution < -0.4 is 5.32 Å². The Morgan fingerprint density at radius 3 is 2.94 bits per heavy atom. The molecule has 1 aliphatic rings. The van der Waals surface area contributed by atoms with Crippen LogP contribution in [0.25, 0.3) is 0 Å². The molecular weight excluding hydrogens is 226 g/mol. The lowest BCUT2D eigenvalue weighted by atomic mass is 10.0. The fourth-order valence-electron chi connectivity index (χ4n) is 2.03. The van der Waals surface area contributed by atoms with Crippen LogP contribution in [0.5, 0.6) is 0 Å². The van der Waals surface area contributed by atoms with E-state index in [9.17, 15) is 4.79 Å². The van der Waals surface area contributed by atoms with Crippen molar-refractivity contribution in [3.63, 3.8) is 0 Å². The molecule has 1 atom stereocenters. The Morgan fingerprint density at radius 1 is 1.44 bits per heavy atom. The minimum Gasteiger partial charge on any atom is -0.382 e. The van der Waals surface area contributed by atoms with Crippen LogP contribution >= 0.6 is 0 Å². The monoisotopic (exact) mass is 245 g/mol. The number of nitrogens with zero attached hydrogens (tertiary/aromatic N) is 2. The van der Waals surface area contributed by atoms with Crippen LogP contribution in [0, 0.1) is 0 Å². The van der Waals surface area contributed by atoms with E-state index in [-0.39, 0.29) is 5.91 Å². The van der Waals surface area contributed by atoms with Gasteiger partial charge in [0.2, 0.25) is 0 Å². The van der Waals surface area contributed by atoms with E-state index in [1.165, 1.54) is 4.90 Å². The molecule has 1 amide bonds. The van der Waals surface area contributed by atoms with Gasteiger partial charge in [-0.15, -0.1) is 0 Å². The maximum atomic E-state index is 11.8. The van der Waals surface area contributed by atoms with Gasteiger partial charge in [0.05, 0.1) is 0 Å². The summed E-state index contributed by atoms with van der Waals surface area (Å²) >= 11 is 0. The molecule has 0 fully saturated rings. The summed E-state index contributed by atoms with van der Waals surface area (Å²) in [6, 6.07) is 4.19. The Hall–Kier alpha value is -1.84. The molecule has 1 aromatic heterocycles. The quantitative estimate of drug-likeness (QED) is 0.831. The number of allylic oxidation sites excluding steroid dienone is 1. The number of aromatic nitrogens is 1. The van der Waals surface area contributed by atoms with E-state index in [0.29, 0.717) is 11.7 Å². The van der Waals surface area contributed by atoms with Gasteiger partial charge in [-0.05, 0) is 31.4 Å². The van der Waals surface area contributed by atoms with Crippen molar-refractivity contribution in [3.8, 4) is 0 Å². The lowest BCUT2D eigenvalue weighted by Gasteiger charge is -2.21. The van der Waals surface area contributed by atoms with Gasteiger partial charge in [-0.25, -0.2) is 0 Å². The third kappa shape index (κ3) is 3.09. The average molecular weight is 245 g/mol. The first-order valence-electron chi connectivity index (χ1n) is 6.26. The third-order valence-electron chi connectivity index (χ3n) is 3.03. The van der Waals surface area contributed by atoms with Gasteiger partial charge in [0.25, 0.3) is 5.91 Å². The maximum Gasteiger partial charge on any atom is 0.272 e. The molecule has 0 radical (unpaired) electrons. The SMILES string of the molecule is CN(C)C(=O)c1cc(NC2CC=CCC2)ccn1. The zero-order chi connectivity index (χ0) is 13.0. The standard InChI is InChI=1S/C14H19N3O/c1-17(2)14(18)13-10-12(8-9-15-13)16-11-6-4-3-5-7-11/h3-4,8-11H,5-7H2,1-2H3,(H,15,16). The van der Waals surface area contributed by atoms with Crippen LogP contribution in [0.1, 0.15) is 29.8 Å². The first-order chi connectivity index (χ1) is 8.66. The van der Waals surface area contributed by atoms with Crippen LogP contribution in [0.15, 0.2) is 30.5 Å². The third-order valence-corrected chi connectivity index (χ3v) is 3.03. The van der Waals surface area contributed by atoms with Crippen LogP contribution in [0.3, 0.4) is 0 Å². The molecule has 4 nitrogen and oxygen atoms in total. The second kappa shape index (κ2) is 5.67. The molecule has 1 aromatic rings. The number of rotatable bonds is 3. The fourth-order valence-corrected chi connectivity index (χ4v) is 2.03. The van der Waals surface area contributed by atoms with Gasteiger partial charge < -0.3 is 10.2 Å². The lowest BCUT2D eigenvalue weighted by molar-refractivity contribution is 0.0822. The predicted molar refractivity (Wildman–Crippen MR) is 72.7 cm³/mol. The number of carbonyl (C=O) groups excluding carboxylic acids is 1. The maximum absolute atomic E-state index is 11.8. The summed E-state index contributed by atoms with van der Waals surface area (Å²) in [5.41, 5.74) is 1.45. The summed E-state index contributed by atoms with van der Waals surface area (Å²) < 4.78 is 0. The molecule has 4 heteroatoms. The normalized spacial score (nSPS) is 18.4. The molecule has 0 aliphatic heterocycles. The number of carbonyl (C=O) groups is 1. The van der Waals surface area contributed by atoms with Crippen LogP contribution in [-0.2, 0) is 0 Å². The van der Waals surface area contributed by atoms with Gasteiger partial charge >= 0.3 is 0 Å². The van der Waals surface area contributed by atoms with Crippen molar-refractivity contribution >= 4 is 11.6 Å². The van der Waals surface area contributed by atoms with E-state index >= 15 is 0 Å². The van der Waals surface area contributed by atoms with Crippen LogP contribution in [-0.4, -0.2) is 35.9 Å². The molecule has 0 bridgehead atoms. The number of pyridine rings is 1. The van der Waals surface area contributed by atoms with Gasteiger partial charge in [0, 0.05) is 32.0 Å². The summed E-state index contributed by atoms with van der Waals surface area (Å²) in [7, 11) is 3.46. The zero-order valence-electron chi connectivity index (χ0n) is 10.9. The first kappa shape index (κ1) is 12.6. The topological polar surface area (TPSA) is 45.2 Å². The van der Waals surface area contributed by atoms with E-state index < -0.39 is 0 Å².